The molecule has 2 rings (SSSR count). The van der Waals surface area contributed by atoms with E-state index in [2.05, 4.69) is 32.6 Å². The topological polar surface area (TPSA) is 65.7 Å². The summed E-state index contributed by atoms with van der Waals surface area (Å²) in [6, 6.07) is 0. The van der Waals surface area contributed by atoms with Crippen LogP contribution in [0.2, 0.25) is 0 Å². The lowest BCUT2D eigenvalue weighted by atomic mass is 10.5. The SMILES string of the molecule is O=c1[nH]c(=O)c2scc(I)c2[nH]1. The van der Waals surface area contributed by atoms with Gasteiger partial charge in [0.1, 0.15) is 4.70 Å². The van der Waals surface area contributed by atoms with Gasteiger partial charge in [0.2, 0.25) is 0 Å². The molecule has 2 N–H and O–H groups in total. The Labute approximate surface area is 83.8 Å². The van der Waals surface area contributed by atoms with Gasteiger partial charge in [-0.1, -0.05) is 0 Å². The van der Waals surface area contributed by atoms with Gasteiger partial charge in [-0.25, -0.2) is 4.79 Å². The summed E-state index contributed by atoms with van der Waals surface area (Å²) >= 11 is 3.40. The molecular formula is C6H3IN2O2S. The molecule has 0 aromatic carbocycles. The zero-order valence-corrected chi connectivity index (χ0v) is 8.65. The maximum atomic E-state index is 11.1. The lowest BCUT2D eigenvalue weighted by Crippen LogP contribution is -2.20. The summed E-state index contributed by atoms with van der Waals surface area (Å²) in [7, 11) is 0. The van der Waals surface area contributed by atoms with E-state index in [4.69, 9.17) is 0 Å². The van der Waals surface area contributed by atoms with Gasteiger partial charge in [-0.05, 0) is 22.6 Å². The molecule has 2 heterocycles. The number of thiophene rings is 1. The predicted octanol–water partition coefficient (Wildman–Crippen LogP) is 0.883. The molecule has 0 aliphatic heterocycles. The average molecular weight is 294 g/mol. The molecule has 0 fully saturated rings. The number of H-pyrrole nitrogens is 2. The van der Waals surface area contributed by atoms with E-state index in [1.54, 1.807) is 0 Å². The number of aromatic amines is 2. The zero-order valence-electron chi connectivity index (χ0n) is 5.68. The zero-order chi connectivity index (χ0) is 8.72. The largest absolute Gasteiger partial charge is 0.326 e. The van der Waals surface area contributed by atoms with Crippen LogP contribution in [-0.4, -0.2) is 9.97 Å². The highest BCUT2D eigenvalue weighted by atomic mass is 127. The highest BCUT2D eigenvalue weighted by Gasteiger charge is 2.05. The van der Waals surface area contributed by atoms with Crippen LogP contribution in [0.15, 0.2) is 15.0 Å². The molecule has 0 aliphatic carbocycles. The monoisotopic (exact) mass is 294 g/mol. The normalized spacial score (nSPS) is 10.8. The number of halogens is 1. The first-order chi connectivity index (χ1) is 5.68. The number of fused-ring (bicyclic) bond motifs is 1. The van der Waals surface area contributed by atoms with Crippen molar-refractivity contribution in [2.24, 2.45) is 0 Å². The van der Waals surface area contributed by atoms with Crippen LogP contribution in [-0.2, 0) is 0 Å². The third-order valence-electron chi connectivity index (χ3n) is 1.42. The van der Waals surface area contributed by atoms with E-state index >= 15 is 0 Å². The quantitative estimate of drug-likeness (QED) is 0.708. The molecule has 0 saturated heterocycles. The molecule has 6 heteroatoms. The fraction of sp³-hybridized carbons (Fsp3) is 0. The number of rotatable bonds is 0. The Hall–Kier alpha value is -0.630. The van der Waals surface area contributed by atoms with Crippen LogP contribution in [0.25, 0.3) is 10.2 Å². The van der Waals surface area contributed by atoms with Gasteiger partial charge in [-0.3, -0.25) is 9.78 Å². The summed E-state index contributed by atoms with van der Waals surface area (Å²) < 4.78 is 1.47. The van der Waals surface area contributed by atoms with Gasteiger partial charge < -0.3 is 4.98 Å². The van der Waals surface area contributed by atoms with E-state index in [9.17, 15) is 9.59 Å². The third-order valence-corrected chi connectivity index (χ3v) is 3.67. The lowest BCUT2D eigenvalue weighted by molar-refractivity contribution is 1.09. The molecule has 4 nitrogen and oxygen atoms in total. The van der Waals surface area contributed by atoms with E-state index in [0.717, 1.165) is 3.57 Å². The molecule has 0 amide bonds. The van der Waals surface area contributed by atoms with E-state index in [0.29, 0.717) is 10.2 Å². The van der Waals surface area contributed by atoms with Crippen molar-refractivity contribution in [1.29, 1.82) is 0 Å². The van der Waals surface area contributed by atoms with Crippen LogP contribution in [0.5, 0.6) is 0 Å². The minimum atomic E-state index is -0.455. The molecule has 0 bridgehead atoms. The van der Waals surface area contributed by atoms with Crippen molar-refractivity contribution in [1.82, 2.24) is 9.97 Å². The van der Waals surface area contributed by atoms with Crippen LogP contribution >= 0.6 is 33.9 Å². The first-order valence-electron chi connectivity index (χ1n) is 3.08. The first kappa shape index (κ1) is 7.99. The van der Waals surface area contributed by atoms with Crippen LogP contribution < -0.4 is 11.2 Å². The van der Waals surface area contributed by atoms with Crippen molar-refractivity contribution < 1.29 is 0 Å². The second-order valence-corrected chi connectivity index (χ2v) is 4.24. The van der Waals surface area contributed by atoms with Crippen molar-refractivity contribution in [3.63, 3.8) is 0 Å². The van der Waals surface area contributed by atoms with Crippen LogP contribution in [0.4, 0.5) is 0 Å². The Morgan fingerprint density at radius 1 is 1.33 bits per heavy atom. The fourth-order valence-corrected chi connectivity index (χ4v) is 2.67. The number of nitrogens with one attached hydrogen (secondary N) is 2. The summed E-state index contributed by atoms with van der Waals surface area (Å²) in [5.74, 6) is 0. The van der Waals surface area contributed by atoms with Gasteiger partial charge in [0, 0.05) is 8.95 Å². The Morgan fingerprint density at radius 2 is 2.08 bits per heavy atom. The smallest absolute Gasteiger partial charge is 0.305 e. The van der Waals surface area contributed by atoms with Gasteiger partial charge in [-0.2, -0.15) is 0 Å². The number of hydrogen-bond acceptors (Lipinski definition) is 3. The average Bonchev–Trinajstić information content (AvgIpc) is 2.33. The Bertz CT molecular complexity index is 538. The molecule has 0 spiro atoms. The summed E-state index contributed by atoms with van der Waals surface area (Å²) in [6.45, 7) is 0. The lowest BCUT2D eigenvalue weighted by Gasteiger charge is -1.87. The second-order valence-electron chi connectivity index (χ2n) is 2.20. The van der Waals surface area contributed by atoms with E-state index in [1.807, 2.05) is 5.38 Å². The Morgan fingerprint density at radius 3 is 2.83 bits per heavy atom. The van der Waals surface area contributed by atoms with Gasteiger partial charge in [0.15, 0.2) is 0 Å². The Balaban J connectivity index is 3.13. The highest BCUT2D eigenvalue weighted by molar-refractivity contribution is 14.1. The standard InChI is InChI=1S/C6H3IN2O2S/c7-2-1-12-4-3(2)8-6(11)9-5(4)10/h1H,(H2,8,9,10,11). The molecule has 0 saturated carbocycles. The van der Waals surface area contributed by atoms with Crippen molar-refractivity contribution >= 4 is 44.1 Å². The predicted molar refractivity (Wildman–Crippen MR) is 55.8 cm³/mol. The summed E-state index contributed by atoms with van der Waals surface area (Å²) in [4.78, 5) is 26.7. The van der Waals surface area contributed by atoms with Gasteiger partial charge in [0.25, 0.3) is 5.56 Å². The molecule has 12 heavy (non-hydrogen) atoms. The molecule has 2 aromatic rings. The van der Waals surface area contributed by atoms with Crippen LogP contribution in [0, 0.1) is 3.57 Å². The molecule has 0 aliphatic rings. The molecule has 2 aromatic heterocycles. The van der Waals surface area contributed by atoms with E-state index < -0.39 is 5.69 Å². The minimum absolute atomic E-state index is 0.318. The minimum Gasteiger partial charge on any atom is -0.305 e. The van der Waals surface area contributed by atoms with E-state index in [1.165, 1.54) is 11.3 Å². The molecule has 0 radical (unpaired) electrons. The van der Waals surface area contributed by atoms with Gasteiger partial charge in [-0.15, -0.1) is 11.3 Å². The van der Waals surface area contributed by atoms with Crippen molar-refractivity contribution in [3.05, 3.63) is 29.8 Å². The summed E-state index contributed by atoms with van der Waals surface area (Å²) in [5.41, 5.74) is -0.139. The molecule has 0 unspecified atom stereocenters. The van der Waals surface area contributed by atoms with Crippen LogP contribution in [0.1, 0.15) is 0 Å². The maximum absolute atomic E-state index is 11.1. The summed E-state index contributed by atoms with van der Waals surface area (Å²) in [5, 5.41) is 1.83. The van der Waals surface area contributed by atoms with Crippen molar-refractivity contribution in [3.8, 4) is 0 Å². The number of aromatic nitrogens is 2. The van der Waals surface area contributed by atoms with Crippen molar-refractivity contribution in [2.75, 3.05) is 0 Å². The van der Waals surface area contributed by atoms with Gasteiger partial charge in [0.05, 0.1) is 5.52 Å². The van der Waals surface area contributed by atoms with Gasteiger partial charge >= 0.3 is 5.69 Å². The number of hydrogen-bond donors (Lipinski definition) is 2. The van der Waals surface area contributed by atoms with Crippen LogP contribution in [0.3, 0.4) is 0 Å². The van der Waals surface area contributed by atoms with Crippen molar-refractivity contribution in [2.45, 2.75) is 0 Å². The highest BCUT2D eigenvalue weighted by Crippen LogP contribution is 2.20. The van der Waals surface area contributed by atoms with E-state index in [-0.39, 0.29) is 5.56 Å². The molecule has 0 atom stereocenters. The first-order valence-corrected chi connectivity index (χ1v) is 5.03. The Kier molecular flexibility index (Phi) is 1.80. The second kappa shape index (κ2) is 2.70. The maximum Gasteiger partial charge on any atom is 0.326 e. The summed E-state index contributed by atoms with van der Waals surface area (Å²) in [6.07, 6.45) is 0. The molecular weight excluding hydrogens is 291 g/mol. The molecule has 62 valence electrons. The third kappa shape index (κ3) is 1.11. The fourth-order valence-electron chi connectivity index (χ4n) is 0.925.